The van der Waals surface area contributed by atoms with Gasteiger partial charge >= 0.3 is 0 Å². The Balaban J connectivity index is 4.06. The molecule has 0 aromatic rings. The maximum Gasteiger partial charge on any atom is 0.249 e. The standard InChI is InChI=1S/C13H26N2O6/c1-8(6-16)9(18)11(20)14-4-5-15-12(21)10(19)13(2,3)7-17/h8-10,16-19H,4-7H2,1-3H3,(H,14,20)(H,15,21). The van der Waals surface area contributed by atoms with Crippen molar-refractivity contribution in [2.75, 3.05) is 26.3 Å². The fourth-order valence-corrected chi connectivity index (χ4v) is 1.37. The Hall–Kier alpha value is -1.22. The molecule has 0 rings (SSSR count). The molecule has 0 aromatic carbocycles. The van der Waals surface area contributed by atoms with Gasteiger partial charge < -0.3 is 31.1 Å². The number of rotatable bonds is 9. The highest BCUT2D eigenvalue weighted by Crippen LogP contribution is 2.19. The normalized spacial score (nSPS) is 16.0. The zero-order valence-corrected chi connectivity index (χ0v) is 12.7. The van der Waals surface area contributed by atoms with Gasteiger partial charge in [0.05, 0.1) is 6.61 Å². The van der Waals surface area contributed by atoms with E-state index in [9.17, 15) is 19.8 Å². The van der Waals surface area contributed by atoms with E-state index in [1.54, 1.807) is 13.8 Å². The van der Waals surface area contributed by atoms with Crippen LogP contribution in [0, 0.1) is 11.3 Å². The first-order valence-electron chi connectivity index (χ1n) is 6.80. The zero-order chi connectivity index (χ0) is 16.6. The van der Waals surface area contributed by atoms with Crippen LogP contribution in [0.15, 0.2) is 0 Å². The van der Waals surface area contributed by atoms with Crippen molar-refractivity contribution in [2.45, 2.75) is 33.0 Å². The van der Waals surface area contributed by atoms with Crippen molar-refractivity contribution < 1.29 is 30.0 Å². The quantitative estimate of drug-likeness (QED) is 0.262. The van der Waals surface area contributed by atoms with Crippen LogP contribution < -0.4 is 10.6 Å². The minimum absolute atomic E-state index is 0.0728. The molecule has 0 aliphatic heterocycles. The molecular formula is C13H26N2O6. The Bertz CT molecular complexity index is 348. The fraction of sp³-hybridized carbons (Fsp3) is 0.846. The maximum atomic E-state index is 11.6. The van der Waals surface area contributed by atoms with Crippen molar-refractivity contribution in [3.8, 4) is 0 Å². The molecule has 21 heavy (non-hydrogen) atoms. The van der Waals surface area contributed by atoms with Crippen LogP contribution in [0.3, 0.4) is 0 Å². The molecule has 3 unspecified atom stereocenters. The summed E-state index contributed by atoms with van der Waals surface area (Å²) < 4.78 is 0. The highest BCUT2D eigenvalue weighted by molar-refractivity contribution is 5.82. The van der Waals surface area contributed by atoms with Crippen molar-refractivity contribution in [3.05, 3.63) is 0 Å². The molecule has 0 aliphatic carbocycles. The largest absolute Gasteiger partial charge is 0.396 e. The Morgan fingerprint density at radius 3 is 1.95 bits per heavy atom. The van der Waals surface area contributed by atoms with Crippen molar-refractivity contribution in [1.82, 2.24) is 10.6 Å². The van der Waals surface area contributed by atoms with E-state index in [0.717, 1.165) is 0 Å². The van der Waals surface area contributed by atoms with Gasteiger partial charge in [0.2, 0.25) is 11.8 Å². The Kier molecular flexibility index (Phi) is 8.41. The molecule has 0 aliphatic rings. The summed E-state index contributed by atoms with van der Waals surface area (Å²) >= 11 is 0. The number of carbonyl (C=O) groups excluding carboxylic acids is 2. The molecule has 124 valence electrons. The molecule has 0 aromatic heterocycles. The summed E-state index contributed by atoms with van der Waals surface area (Å²) in [4.78, 5) is 23.1. The number of carbonyl (C=O) groups is 2. The molecule has 0 saturated carbocycles. The molecular weight excluding hydrogens is 280 g/mol. The Labute approximate surface area is 124 Å². The molecule has 0 spiro atoms. The Morgan fingerprint density at radius 1 is 1.05 bits per heavy atom. The zero-order valence-electron chi connectivity index (χ0n) is 12.7. The first-order chi connectivity index (χ1) is 9.67. The summed E-state index contributed by atoms with van der Waals surface area (Å²) in [5.74, 6) is -1.86. The van der Waals surface area contributed by atoms with Gasteiger partial charge in [-0.25, -0.2) is 0 Å². The van der Waals surface area contributed by atoms with E-state index in [1.165, 1.54) is 6.92 Å². The lowest BCUT2D eigenvalue weighted by atomic mass is 9.87. The van der Waals surface area contributed by atoms with Crippen molar-refractivity contribution >= 4 is 11.8 Å². The van der Waals surface area contributed by atoms with E-state index in [2.05, 4.69) is 10.6 Å². The third-order valence-corrected chi connectivity index (χ3v) is 3.22. The molecule has 2 amide bonds. The maximum absolute atomic E-state index is 11.6. The van der Waals surface area contributed by atoms with Crippen molar-refractivity contribution in [1.29, 1.82) is 0 Å². The highest BCUT2D eigenvalue weighted by atomic mass is 16.3. The van der Waals surface area contributed by atoms with Gasteiger partial charge in [-0.05, 0) is 0 Å². The average molecular weight is 306 g/mol. The molecule has 8 nitrogen and oxygen atoms in total. The molecule has 0 radical (unpaired) electrons. The van der Waals surface area contributed by atoms with Gasteiger partial charge in [-0.2, -0.15) is 0 Å². The van der Waals surface area contributed by atoms with Crippen LogP contribution in [-0.4, -0.2) is 70.8 Å². The third-order valence-electron chi connectivity index (χ3n) is 3.22. The van der Waals surface area contributed by atoms with E-state index in [4.69, 9.17) is 10.2 Å². The lowest BCUT2D eigenvalue weighted by Gasteiger charge is -2.27. The minimum atomic E-state index is -1.36. The SMILES string of the molecule is CC(CO)C(O)C(=O)NCCNC(=O)C(O)C(C)(C)CO. The summed E-state index contributed by atoms with van der Waals surface area (Å²) in [7, 11) is 0. The fourth-order valence-electron chi connectivity index (χ4n) is 1.37. The van der Waals surface area contributed by atoms with Gasteiger partial charge in [-0.15, -0.1) is 0 Å². The lowest BCUT2D eigenvalue weighted by Crippen LogP contribution is -2.48. The first kappa shape index (κ1) is 19.8. The van der Waals surface area contributed by atoms with Crippen LogP contribution in [0.2, 0.25) is 0 Å². The molecule has 6 N–H and O–H groups in total. The Morgan fingerprint density at radius 2 is 1.52 bits per heavy atom. The predicted octanol–water partition coefficient (Wildman–Crippen LogP) is -2.41. The summed E-state index contributed by atoms with van der Waals surface area (Å²) in [6.45, 7) is 4.11. The van der Waals surface area contributed by atoms with Crippen LogP contribution in [0.1, 0.15) is 20.8 Å². The predicted molar refractivity (Wildman–Crippen MR) is 75.1 cm³/mol. The van der Waals surface area contributed by atoms with E-state index in [0.29, 0.717) is 0 Å². The molecule has 0 bridgehead atoms. The van der Waals surface area contributed by atoms with Crippen LogP contribution in [0.5, 0.6) is 0 Å². The van der Waals surface area contributed by atoms with E-state index >= 15 is 0 Å². The van der Waals surface area contributed by atoms with Crippen molar-refractivity contribution in [3.63, 3.8) is 0 Å². The number of aliphatic hydroxyl groups is 4. The lowest BCUT2D eigenvalue weighted by molar-refractivity contribution is -0.137. The van der Waals surface area contributed by atoms with Crippen LogP contribution >= 0.6 is 0 Å². The minimum Gasteiger partial charge on any atom is -0.396 e. The number of amides is 2. The second-order valence-corrected chi connectivity index (χ2v) is 5.74. The van der Waals surface area contributed by atoms with Gasteiger partial charge in [0.1, 0.15) is 12.2 Å². The van der Waals surface area contributed by atoms with Crippen LogP contribution in [0.25, 0.3) is 0 Å². The molecule has 0 saturated heterocycles. The smallest absolute Gasteiger partial charge is 0.249 e. The second kappa shape index (κ2) is 8.93. The van der Waals surface area contributed by atoms with Crippen LogP contribution in [0.4, 0.5) is 0 Å². The topological polar surface area (TPSA) is 139 Å². The van der Waals surface area contributed by atoms with E-state index in [-0.39, 0.29) is 26.3 Å². The summed E-state index contributed by atoms with van der Waals surface area (Å²) in [6, 6.07) is 0. The van der Waals surface area contributed by atoms with Gasteiger partial charge in [-0.1, -0.05) is 20.8 Å². The molecule has 3 atom stereocenters. The average Bonchev–Trinajstić information content (AvgIpc) is 2.48. The van der Waals surface area contributed by atoms with Gasteiger partial charge in [0, 0.05) is 31.0 Å². The number of hydrogen-bond acceptors (Lipinski definition) is 6. The van der Waals surface area contributed by atoms with E-state index < -0.39 is 35.4 Å². The summed E-state index contributed by atoms with van der Waals surface area (Å²) in [5.41, 5.74) is -0.958. The second-order valence-electron chi connectivity index (χ2n) is 5.74. The monoisotopic (exact) mass is 306 g/mol. The number of aliphatic hydroxyl groups excluding tert-OH is 4. The molecule has 0 fully saturated rings. The molecule has 0 heterocycles. The summed E-state index contributed by atoms with van der Waals surface area (Å²) in [5, 5.41) is 41.9. The summed E-state index contributed by atoms with van der Waals surface area (Å²) in [6.07, 6.45) is -2.68. The number of hydrogen-bond donors (Lipinski definition) is 6. The number of nitrogens with one attached hydrogen (secondary N) is 2. The highest BCUT2D eigenvalue weighted by Gasteiger charge is 2.32. The van der Waals surface area contributed by atoms with Gasteiger partial charge in [0.15, 0.2) is 0 Å². The third kappa shape index (κ3) is 6.38. The van der Waals surface area contributed by atoms with Crippen LogP contribution in [-0.2, 0) is 9.59 Å². The first-order valence-corrected chi connectivity index (χ1v) is 6.80. The van der Waals surface area contributed by atoms with E-state index in [1.807, 2.05) is 0 Å². The van der Waals surface area contributed by atoms with Crippen molar-refractivity contribution in [2.24, 2.45) is 11.3 Å². The molecule has 8 heteroatoms. The van der Waals surface area contributed by atoms with Gasteiger partial charge in [-0.3, -0.25) is 9.59 Å². The van der Waals surface area contributed by atoms with Gasteiger partial charge in [0.25, 0.3) is 0 Å².